The third-order valence-corrected chi connectivity index (χ3v) is 5.27. The van der Waals surface area contributed by atoms with Crippen molar-refractivity contribution in [3.63, 3.8) is 0 Å². The van der Waals surface area contributed by atoms with Gasteiger partial charge in [0.1, 0.15) is 0 Å². The molecule has 1 saturated heterocycles. The summed E-state index contributed by atoms with van der Waals surface area (Å²) in [5, 5.41) is 0. The Morgan fingerprint density at radius 1 is 1.32 bits per heavy atom. The lowest BCUT2D eigenvalue weighted by Crippen LogP contribution is -2.39. The fourth-order valence-corrected chi connectivity index (χ4v) is 3.68. The zero-order chi connectivity index (χ0) is 18.2. The minimum absolute atomic E-state index is 0.0123. The number of unbranched alkanes of at least 4 members (excludes halogenated alkanes) is 1. The van der Waals surface area contributed by atoms with Crippen LogP contribution in [-0.2, 0) is 15.9 Å². The summed E-state index contributed by atoms with van der Waals surface area (Å²) in [7, 11) is 1.47. The maximum atomic E-state index is 13.3. The van der Waals surface area contributed by atoms with Crippen LogP contribution in [0.5, 0.6) is 0 Å². The maximum Gasteiger partial charge on any atom is 0.325 e. The molecule has 1 atom stereocenters. The molecular formula is C19H28BF2NO2. The van der Waals surface area contributed by atoms with Gasteiger partial charge in [0.2, 0.25) is 0 Å². The van der Waals surface area contributed by atoms with Gasteiger partial charge in [0.05, 0.1) is 5.92 Å². The smallest absolute Gasteiger partial charge is 0.325 e. The highest BCUT2D eigenvalue weighted by Gasteiger charge is 2.31. The zero-order valence-electron chi connectivity index (χ0n) is 15.3. The molecule has 3 nitrogen and oxygen atoms in total. The second-order valence-corrected chi connectivity index (χ2v) is 6.95. The van der Waals surface area contributed by atoms with E-state index in [-0.39, 0.29) is 11.9 Å². The van der Waals surface area contributed by atoms with Gasteiger partial charge < -0.3 is 9.55 Å². The summed E-state index contributed by atoms with van der Waals surface area (Å²) in [5.74, 6) is -1.26. The molecule has 6 heteroatoms. The molecule has 0 saturated carbocycles. The van der Waals surface area contributed by atoms with Gasteiger partial charge in [0.25, 0.3) is 5.97 Å². The van der Waals surface area contributed by atoms with E-state index in [1.54, 1.807) is 6.07 Å². The van der Waals surface area contributed by atoms with Gasteiger partial charge in [-0.3, -0.25) is 4.79 Å². The van der Waals surface area contributed by atoms with Crippen LogP contribution in [0.15, 0.2) is 18.2 Å². The van der Waals surface area contributed by atoms with Crippen molar-refractivity contribution >= 4 is 14.0 Å². The standard InChI is InChI=1S/C19H28BF2NO2/c1-2-3-4-16(19(24)25-20)15-8-11-23(12-9-15)10-7-14-5-6-17(21)18(22)13-14/h5-6,13,15-16H,2-4,7-12,20H2,1H3. The number of hydrogen-bond donors (Lipinski definition) is 0. The molecule has 0 aliphatic carbocycles. The molecule has 0 bridgehead atoms. The fraction of sp³-hybridized carbons (Fsp3) is 0.632. The summed E-state index contributed by atoms with van der Waals surface area (Å²) >= 11 is 0. The van der Waals surface area contributed by atoms with Gasteiger partial charge in [0, 0.05) is 6.54 Å². The van der Waals surface area contributed by atoms with Gasteiger partial charge in [-0.15, -0.1) is 0 Å². The van der Waals surface area contributed by atoms with Gasteiger partial charge in [-0.2, -0.15) is 0 Å². The number of hydrogen-bond acceptors (Lipinski definition) is 3. The highest BCUT2D eigenvalue weighted by Crippen LogP contribution is 2.29. The molecular weight excluding hydrogens is 323 g/mol. The van der Waals surface area contributed by atoms with E-state index in [0.717, 1.165) is 57.3 Å². The van der Waals surface area contributed by atoms with Crippen molar-refractivity contribution in [2.75, 3.05) is 19.6 Å². The van der Waals surface area contributed by atoms with Crippen LogP contribution in [0.2, 0.25) is 0 Å². The molecule has 0 amide bonds. The topological polar surface area (TPSA) is 29.5 Å². The van der Waals surface area contributed by atoms with Crippen LogP contribution in [0.1, 0.15) is 44.6 Å². The number of nitrogens with zero attached hydrogens (tertiary/aromatic N) is 1. The Kier molecular flexibility index (Phi) is 7.88. The number of halogens is 2. The average molecular weight is 351 g/mol. The second kappa shape index (κ2) is 9.90. The van der Waals surface area contributed by atoms with Crippen LogP contribution in [0, 0.1) is 23.5 Å². The van der Waals surface area contributed by atoms with Gasteiger partial charge in [0.15, 0.2) is 11.6 Å². The monoisotopic (exact) mass is 351 g/mol. The first kappa shape index (κ1) is 19.9. The summed E-state index contributed by atoms with van der Waals surface area (Å²) in [6.07, 6.45) is 5.72. The Bertz CT molecular complexity index is 562. The first-order valence-corrected chi connectivity index (χ1v) is 9.29. The minimum Gasteiger partial charge on any atom is -0.543 e. The second-order valence-electron chi connectivity index (χ2n) is 6.95. The van der Waals surface area contributed by atoms with Crippen LogP contribution < -0.4 is 0 Å². The predicted octanol–water partition coefficient (Wildman–Crippen LogP) is 3.12. The molecule has 138 valence electrons. The Balaban J connectivity index is 1.81. The lowest BCUT2D eigenvalue weighted by molar-refractivity contribution is -0.141. The van der Waals surface area contributed by atoms with E-state index in [1.807, 2.05) is 0 Å². The molecule has 0 spiro atoms. The van der Waals surface area contributed by atoms with E-state index in [4.69, 9.17) is 4.65 Å². The first-order chi connectivity index (χ1) is 12.0. The number of benzene rings is 1. The Hall–Kier alpha value is -1.43. The van der Waals surface area contributed by atoms with Gasteiger partial charge in [-0.05, 0) is 62.4 Å². The van der Waals surface area contributed by atoms with Crippen LogP contribution in [0.4, 0.5) is 8.78 Å². The SMILES string of the molecule is BOC(=O)C(CCCC)C1CCN(CCc2ccc(F)c(F)c2)CC1. The molecule has 25 heavy (non-hydrogen) atoms. The molecule has 0 radical (unpaired) electrons. The van der Waals surface area contributed by atoms with Crippen LogP contribution >= 0.6 is 0 Å². The molecule has 0 aromatic heterocycles. The molecule has 1 heterocycles. The van der Waals surface area contributed by atoms with E-state index in [0.29, 0.717) is 12.3 Å². The minimum atomic E-state index is -0.800. The zero-order valence-corrected chi connectivity index (χ0v) is 15.3. The van der Waals surface area contributed by atoms with Crippen molar-refractivity contribution in [2.45, 2.75) is 45.4 Å². The van der Waals surface area contributed by atoms with Crippen LogP contribution in [-0.4, -0.2) is 38.6 Å². The van der Waals surface area contributed by atoms with Crippen molar-refractivity contribution in [1.82, 2.24) is 4.90 Å². The quantitative estimate of drug-likeness (QED) is 0.674. The Morgan fingerprint density at radius 3 is 2.64 bits per heavy atom. The molecule has 2 rings (SSSR count). The van der Waals surface area contributed by atoms with Crippen molar-refractivity contribution in [2.24, 2.45) is 11.8 Å². The number of carbonyl (C=O) groups excluding carboxylic acids is 1. The maximum absolute atomic E-state index is 13.3. The lowest BCUT2D eigenvalue weighted by atomic mass is 9.81. The van der Waals surface area contributed by atoms with Crippen molar-refractivity contribution in [3.05, 3.63) is 35.4 Å². The van der Waals surface area contributed by atoms with Gasteiger partial charge in [-0.1, -0.05) is 25.8 Å². The van der Waals surface area contributed by atoms with E-state index in [1.165, 1.54) is 20.2 Å². The molecule has 1 aliphatic heterocycles. The molecule has 0 N–H and O–H groups in total. The normalized spacial score (nSPS) is 17.4. The molecule has 1 unspecified atom stereocenters. The fourth-order valence-electron chi connectivity index (χ4n) is 3.68. The number of likely N-dealkylation sites (tertiary alicyclic amines) is 1. The van der Waals surface area contributed by atoms with E-state index < -0.39 is 11.6 Å². The molecule has 1 aromatic carbocycles. The van der Waals surface area contributed by atoms with E-state index in [2.05, 4.69) is 11.8 Å². The third-order valence-electron chi connectivity index (χ3n) is 5.27. The molecule has 1 fully saturated rings. The van der Waals surface area contributed by atoms with Crippen LogP contribution in [0.25, 0.3) is 0 Å². The van der Waals surface area contributed by atoms with Gasteiger partial charge in [-0.25, -0.2) is 8.78 Å². The van der Waals surface area contributed by atoms with E-state index in [9.17, 15) is 13.6 Å². The Labute approximate surface area is 150 Å². The van der Waals surface area contributed by atoms with Crippen LogP contribution in [0.3, 0.4) is 0 Å². The molecule has 1 aliphatic rings. The number of piperidine rings is 1. The highest BCUT2D eigenvalue weighted by atomic mass is 19.2. The summed E-state index contributed by atoms with van der Waals surface area (Å²) in [6, 6.07) is 4.11. The third kappa shape index (κ3) is 5.80. The van der Waals surface area contributed by atoms with E-state index >= 15 is 0 Å². The summed E-state index contributed by atoms with van der Waals surface area (Å²) in [5.41, 5.74) is 0.816. The first-order valence-electron chi connectivity index (χ1n) is 9.29. The summed E-state index contributed by atoms with van der Waals surface area (Å²) in [6.45, 7) is 4.84. The largest absolute Gasteiger partial charge is 0.543 e. The van der Waals surface area contributed by atoms with Gasteiger partial charge >= 0.3 is 8.05 Å². The highest BCUT2D eigenvalue weighted by molar-refractivity contribution is 6.05. The molecule has 1 aromatic rings. The number of rotatable bonds is 8. The lowest BCUT2D eigenvalue weighted by Gasteiger charge is -2.35. The summed E-state index contributed by atoms with van der Waals surface area (Å²) < 4.78 is 31.2. The Morgan fingerprint density at radius 2 is 2.04 bits per heavy atom. The van der Waals surface area contributed by atoms with Crippen molar-refractivity contribution in [1.29, 1.82) is 0 Å². The van der Waals surface area contributed by atoms with Crippen molar-refractivity contribution < 1.29 is 18.2 Å². The average Bonchev–Trinajstić information content (AvgIpc) is 2.63. The summed E-state index contributed by atoms with van der Waals surface area (Å²) in [4.78, 5) is 14.4. The van der Waals surface area contributed by atoms with Crippen molar-refractivity contribution in [3.8, 4) is 0 Å². The predicted molar refractivity (Wildman–Crippen MR) is 96.9 cm³/mol. The number of carbonyl (C=O) groups is 1.